The first-order valence-electron chi connectivity index (χ1n) is 14.3. The predicted molar refractivity (Wildman–Crippen MR) is 177 cm³/mol. The molecule has 1 aromatic rings. The zero-order valence-electron chi connectivity index (χ0n) is 25.0. The monoisotopic (exact) mass is 530 g/mol. The Morgan fingerprint density at radius 1 is 1.00 bits per heavy atom. The molecule has 0 amide bonds. The summed E-state index contributed by atoms with van der Waals surface area (Å²) in [5.74, 6) is 0.0173. The quantitative estimate of drug-likeness (QED) is 0.221. The summed E-state index contributed by atoms with van der Waals surface area (Å²) in [5, 5.41) is 0. The zero-order chi connectivity index (χ0) is 29.3. The van der Waals surface area contributed by atoms with E-state index in [1.165, 1.54) is 27.8 Å². The molecule has 0 saturated carbocycles. The summed E-state index contributed by atoms with van der Waals surface area (Å²) in [5.41, 5.74) is 23.6. The summed E-state index contributed by atoms with van der Waals surface area (Å²) in [4.78, 5) is 0. The number of hydrogen-bond donors (Lipinski definition) is 2. The minimum atomic E-state index is -0.246. The van der Waals surface area contributed by atoms with Crippen molar-refractivity contribution >= 4 is 12.2 Å². The summed E-state index contributed by atoms with van der Waals surface area (Å²) >= 11 is 0. The van der Waals surface area contributed by atoms with E-state index < -0.39 is 0 Å². The maximum Gasteiger partial charge on any atom is 0.0359 e. The molecule has 2 aliphatic rings. The number of rotatable bonds is 11. The Morgan fingerprint density at radius 2 is 1.73 bits per heavy atom. The first kappa shape index (κ1) is 30.5. The van der Waals surface area contributed by atoms with Crippen LogP contribution in [0.5, 0.6) is 0 Å². The second kappa shape index (κ2) is 13.8. The van der Waals surface area contributed by atoms with E-state index in [1.807, 2.05) is 44.2 Å². The predicted octanol–water partition coefficient (Wildman–Crippen LogP) is 9.34. The van der Waals surface area contributed by atoms with Crippen molar-refractivity contribution in [3.8, 4) is 0 Å². The van der Waals surface area contributed by atoms with E-state index in [1.54, 1.807) is 6.08 Å². The van der Waals surface area contributed by atoms with Crippen molar-refractivity contribution in [2.75, 3.05) is 0 Å². The molecule has 0 fully saturated rings. The van der Waals surface area contributed by atoms with Crippen LogP contribution in [0.1, 0.15) is 69.7 Å². The number of hydrogen-bond acceptors (Lipinski definition) is 2. The summed E-state index contributed by atoms with van der Waals surface area (Å²) < 4.78 is 0. The Kier molecular flexibility index (Phi) is 10.6. The van der Waals surface area contributed by atoms with Gasteiger partial charge in [-0.1, -0.05) is 118 Å². The third-order valence-corrected chi connectivity index (χ3v) is 8.00. The van der Waals surface area contributed by atoms with Gasteiger partial charge in [0, 0.05) is 22.7 Å². The molecule has 2 unspecified atom stereocenters. The second-order valence-electron chi connectivity index (χ2n) is 10.6. The molecule has 0 aromatic heterocycles. The number of fused-ring (bicyclic) bond motifs is 1. The highest BCUT2D eigenvalue weighted by atomic mass is 14.6. The highest BCUT2D eigenvalue weighted by Gasteiger charge is 2.46. The molecule has 40 heavy (non-hydrogen) atoms. The van der Waals surface area contributed by atoms with Gasteiger partial charge in [0.15, 0.2) is 0 Å². The van der Waals surface area contributed by atoms with E-state index in [0.717, 1.165) is 41.7 Å². The van der Waals surface area contributed by atoms with Gasteiger partial charge in [-0.25, -0.2) is 0 Å². The molecule has 2 heteroatoms. The topological polar surface area (TPSA) is 52.0 Å². The van der Waals surface area contributed by atoms with Crippen molar-refractivity contribution in [2.45, 2.75) is 59.3 Å². The second-order valence-corrected chi connectivity index (χ2v) is 10.6. The summed E-state index contributed by atoms with van der Waals surface area (Å²) in [6.07, 6.45) is 32.5. The first-order valence-corrected chi connectivity index (χ1v) is 14.3. The largest absolute Gasteiger partial charge is 0.399 e. The van der Waals surface area contributed by atoms with Crippen molar-refractivity contribution in [1.29, 1.82) is 0 Å². The fourth-order valence-corrected chi connectivity index (χ4v) is 5.93. The first-order chi connectivity index (χ1) is 19.2. The van der Waals surface area contributed by atoms with Crippen LogP contribution in [-0.4, -0.2) is 0 Å². The lowest BCUT2D eigenvalue weighted by Gasteiger charge is -2.47. The normalized spacial score (nSPS) is 21.9. The van der Waals surface area contributed by atoms with Gasteiger partial charge in [0.25, 0.3) is 0 Å². The Bertz CT molecular complexity index is 1410. The molecule has 2 atom stereocenters. The zero-order valence-corrected chi connectivity index (χ0v) is 25.0. The number of benzene rings is 1. The maximum absolute atomic E-state index is 6.98. The van der Waals surface area contributed by atoms with Gasteiger partial charge < -0.3 is 11.5 Å². The lowest BCUT2D eigenvalue weighted by molar-refractivity contribution is 0.419. The van der Waals surface area contributed by atoms with Crippen LogP contribution in [0.3, 0.4) is 0 Å². The van der Waals surface area contributed by atoms with Gasteiger partial charge in [-0.15, -0.1) is 0 Å². The third-order valence-electron chi connectivity index (χ3n) is 8.00. The van der Waals surface area contributed by atoms with Crippen LogP contribution in [0, 0.1) is 5.92 Å². The summed E-state index contributed by atoms with van der Waals surface area (Å²) in [6, 6.07) is 4.53. The Labute approximate surface area is 242 Å². The Morgan fingerprint density at radius 3 is 2.30 bits per heavy atom. The smallest absolute Gasteiger partial charge is 0.0359 e. The van der Waals surface area contributed by atoms with Gasteiger partial charge >= 0.3 is 0 Å². The molecule has 3 rings (SSSR count). The molecule has 0 bridgehead atoms. The third kappa shape index (κ3) is 6.39. The minimum absolute atomic E-state index is 0.0173. The fourth-order valence-electron chi connectivity index (χ4n) is 5.93. The van der Waals surface area contributed by atoms with Crippen LogP contribution >= 0.6 is 0 Å². The average molecular weight is 531 g/mol. The van der Waals surface area contributed by atoms with Crippen LogP contribution < -0.4 is 11.5 Å². The van der Waals surface area contributed by atoms with Crippen molar-refractivity contribution in [3.05, 3.63) is 154 Å². The maximum atomic E-state index is 6.98. The van der Waals surface area contributed by atoms with Crippen LogP contribution in [0.2, 0.25) is 0 Å². The van der Waals surface area contributed by atoms with E-state index in [-0.39, 0.29) is 11.3 Å². The van der Waals surface area contributed by atoms with E-state index >= 15 is 0 Å². The van der Waals surface area contributed by atoms with Crippen molar-refractivity contribution in [1.82, 2.24) is 0 Å². The minimum Gasteiger partial charge on any atom is -0.399 e. The van der Waals surface area contributed by atoms with Gasteiger partial charge in [-0.3, -0.25) is 0 Å². The van der Waals surface area contributed by atoms with Crippen LogP contribution in [-0.2, 0) is 11.8 Å². The van der Waals surface area contributed by atoms with Gasteiger partial charge in [0.2, 0.25) is 0 Å². The van der Waals surface area contributed by atoms with Crippen LogP contribution in [0.25, 0.3) is 12.2 Å². The van der Waals surface area contributed by atoms with Gasteiger partial charge in [0.1, 0.15) is 0 Å². The molecule has 0 aliphatic heterocycles. The molecule has 0 radical (unpaired) electrons. The molecular formula is C38H46N2. The standard InChI is InChI=1S/C38H46N2/c1-8-15-29(10-3)21-26-35(40)36(27(5)17-12-13-18-28(6)39)34-25-24-31-23-22-30(16-9-2)33(11-4)37(31)38(34,7)32-19-14-20-32/h8-10,12-13,15-19,21-26,34H,5-6,11,14,20,39-40H2,1-4,7H3/b15-8-,16-9-,17-12?,18-13-,26-21-,29-10-,36-35+. The number of allylic oxidation sites excluding steroid dienone is 16. The molecule has 2 nitrogen and oxygen atoms in total. The highest BCUT2D eigenvalue weighted by Crippen LogP contribution is 2.54. The van der Waals surface area contributed by atoms with E-state index in [0.29, 0.717) is 5.70 Å². The molecular weight excluding hydrogens is 484 g/mol. The Hall–Kier alpha value is -4.04. The van der Waals surface area contributed by atoms with Gasteiger partial charge in [-0.2, -0.15) is 0 Å². The lowest BCUT2D eigenvalue weighted by Crippen LogP contribution is -2.40. The highest BCUT2D eigenvalue weighted by molar-refractivity contribution is 5.72. The van der Waals surface area contributed by atoms with Crippen LogP contribution in [0.15, 0.2) is 132 Å². The molecule has 0 spiro atoms. The van der Waals surface area contributed by atoms with E-state index in [9.17, 15) is 0 Å². The molecule has 4 N–H and O–H groups in total. The Balaban J connectivity index is 2.30. The van der Waals surface area contributed by atoms with Gasteiger partial charge in [0.05, 0.1) is 0 Å². The fraction of sp³-hybridized carbons (Fsp3) is 0.263. The molecule has 2 aliphatic carbocycles. The molecule has 0 saturated heterocycles. The van der Waals surface area contributed by atoms with E-state index in [4.69, 9.17) is 11.5 Å². The van der Waals surface area contributed by atoms with Crippen molar-refractivity contribution in [3.63, 3.8) is 0 Å². The lowest BCUT2D eigenvalue weighted by atomic mass is 9.56. The van der Waals surface area contributed by atoms with E-state index in [2.05, 4.69) is 94.7 Å². The SMILES string of the molecule is C=C(N)/C=C\C=CC(=C)/C(=C(N)/C=C\C(\C=C/C)=C/C)C1C=Cc2ccc(/C=C\C)c(CC)c2C1(C)C1=CCC1. The van der Waals surface area contributed by atoms with Crippen molar-refractivity contribution in [2.24, 2.45) is 17.4 Å². The molecule has 0 heterocycles. The average Bonchev–Trinajstić information content (AvgIpc) is 2.89. The summed E-state index contributed by atoms with van der Waals surface area (Å²) in [6.45, 7) is 19.1. The van der Waals surface area contributed by atoms with Crippen molar-refractivity contribution < 1.29 is 0 Å². The van der Waals surface area contributed by atoms with Crippen LogP contribution in [0.4, 0.5) is 0 Å². The summed E-state index contributed by atoms with van der Waals surface area (Å²) in [7, 11) is 0. The number of nitrogens with two attached hydrogens (primary N) is 2. The molecule has 208 valence electrons. The van der Waals surface area contributed by atoms with Gasteiger partial charge in [-0.05, 0) is 91.2 Å². The molecule has 1 aromatic carbocycles.